The minimum atomic E-state index is -0.128. The molecule has 0 saturated heterocycles. The van der Waals surface area contributed by atoms with Crippen LogP contribution in [0.2, 0.25) is 0 Å². The van der Waals surface area contributed by atoms with Gasteiger partial charge in [0.2, 0.25) is 0 Å². The van der Waals surface area contributed by atoms with Gasteiger partial charge in [0.1, 0.15) is 0 Å². The summed E-state index contributed by atoms with van der Waals surface area (Å²) in [5.41, 5.74) is 0. The van der Waals surface area contributed by atoms with Crippen LogP contribution < -0.4 is 5.32 Å². The Labute approximate surface area is 103 Å². The zero-order valence-electron chi connectivity index (χ0n) is 10.5. The van der Waals surface area contributed by atoms with E-state index >= 15 is 0 Å². The first-order valence-corrected chi connectivity index (χ1v) is 7.20. The van der Waals surface area contributed by atoms with Gasteiger partial charge in [0.25, 0.3) is 0 Å². The fraction of sp³-hybridized carbons (Fsp3) is 0.917. The molecule has 94 valence electrons. The molecule has 1 saturated carbocycles. The highest BCUT2D eigenvalue weighted by molar-refractivity contribution is 8.00. The lowest BCUT2D eigenvalue weighted by molar-refractivity contribution is -0.144. The third-order valence-electron chi connectivity index (χ3n) is 3.45. The zero-order chi connectivity index (χ0) is 12.0. The van der Waals surface area contributed by atoms with E-state index < -0.39 is 0 Å². The molecule has 1 aliphatic rings. The number of carbonyl (C=O) groups is 1. The Bertz CT molecular complexity index is 227. The van der Waals surface area contributed by atoms with Gasteiger partial charge in [0, 0.05) is 17.8 Å². The normalized spacial score (nSPS) is 20.7. The Morgan fingerprint density at radius 2 is 2.12 bits per heavy atom. The second-order valence-corrected chi connectivity index (χ2v) is 5.92. The third kappa shape index (κ3) is 3.67. The molecule has 0 radical (unpaired) electrons. The predicted octanol–water partition coefficient (Wildman–Crippen LogP) is 2.06. The van der Waals surface area contributed by atoms with Crippen LogP contribution in [0.1, 0.15) is 32.6 Å². The summed E-state index contributed by atoms with van der Waals surface area (Å²) in [7, 11) is 1.44. The van der Waals surface area contributed by atoms with E-state index in [0.29, 0.717) is 4.75 Å². The Morgan fingerprint density at radius 3 is 2.62 bits per heavy atom. The van der Waals surface area contributed by atoms with Crippen molar-refractivity contribution in [1.82, 2.24) is 5.32 Å². The first-order chi connectivity index (χ1) is 7.63. The van der Waals surface area contributed by atoms with Crippen LogP contribution in [0.25, 0.3) is 0 Å². The van der Waals surface area contributed by atoms with Crippen LogP contribution in [0.4, 0.5) is 0 Å². The Hall–Kier alpha value is -0.220. The molecule has 0 spiro atoms. The third-order valence-corrected chi connectivity index (χ3v) is 4.87. The number of hydrogen-bond acceptors (Lipinski definition) is 4. The van der Waals surface area contributed by atoms with E-state index in [-0.39, 0.29) is 11.9 Å². The van der Waals surface area contributed by atoms with Crippen molar-refractivity contribution in [1.29, 1.82) is 0 Å². The summed E-state index contributed by atoms with van der Waals surface area (Å²) in [6.45, 7) is 3.63. The van der Waals surface area contributed by atoms with Crippen LogP contribution in [0.5, 0.6) is 0 Å². The molecule has 0 aliphatic heterocycles. The summed E-state index contributed by atoms with van der Waals surface area (Å²) in [5, 5.41) is 3.41. The predicted molar refractivity (Wildman–Crippen MR) is 68.8 cm³/mol. The van der Waals surface area contributed by atoms with Gasteiger partial charge in [-0.15, -0.1) is 0 Å². The van der Waals surface area contributed by atoms with Gasteiger partial charge in [-0.3, -0.25) is 4.79 Å². The monoisotopic (exact) mass is 245 g/mol. The fourth-order valence-corrected chi connectivity index (χ4v) is 3.22. The topological polar surface area (TPSA) is 38.3 Å². The number of hydrogen-bond donors (Lipinski definition) is 1. The zero-order valence-corrected chi connectivity index (χ0v) is 11.4. The highest BCUT2D eigenvalue weighted by atomic mass is 32.2. The summed E-state index contributed by atoms with van der Waals surface area (Å²) >= 11 is 1.97. The maximum Gasteiger partial charge on any atom is 0.309 e. The van der Waals surface area contributed by atoms with E-state index in [1.165, 1.54) is 32.8 Å². The van der Waals surface area contributed by atoms with Crippen molar-refractivity contribution >= 4 is 17.7 Å². The van der Waals surface area contributed by atoms with Crippen molar-refractivity contribution in [2.24, 2.45) is 5.92 Å². The van der Waals surface area contributed by atoms with Crippen molar-refractivity contribution < 1.29 is 9.53 Å². The van der Waals surface area contributed by atoms with E-state index in [4.69, 9.17) is 4.74 Å². The van der Waals surface area contributed by atoms with Crippen LogP contribution >= 0.6 is 11.8 Å². The van der Waals surface area contributed by atoms with Crippen molar-refractivity contribution in [2.75, 3.05) is 26.5 Å². The summed E-state index contributed by atoms with van der Waals surface area (Å²) < 4.78 is 5.11. The second kappa shape index (κ2) is 6.50. The van der Waals surface area contributed by atoms with Gasteiger partial charge in [0.05, 0.1) is 13.0 Å². The molecule has 1 fully saturated rings. The lowest BCUT2D eigenvalue weighted by atomic mass is 10.1. The van der Waals surface area contributed by atoms with Gasteiger partial charge in [-0.25, -0.2) is 0 Å². The molecule has 1 rings (SSSR count). The number of methoxy groups -OCH3 is 1. The maximum absolute atomic E-state index is 11.2. The molecule has 3 nitrogen and oxygen atoms in total. The molecule has 0 heterocycles. The summed E-state index contributed by atoms with van der Waals surface area (Å²) in [4.78, 5) is 11.2. The number of nitrogens with one attached hydrogen (secondary N) is 1. The van der Waals surface area contributed by atoms with Gasteiger partial charge in [-0.2, -0.15) is 11.8 Å². The lowest BCUT2D eigenvalue weighted by Crippen LogP contribution is -2.38. The van der Waals surface area contributed by atoms with Crippen LogP contribution in [0.3, 0.4) is 0 Å². The van der Waals surface area contributed by atoms with E-state index in [1.807, 2.05) is 18.7 Å². The summed E-state index contributed by atoms with van der Waals surface area (Å²) in [6.07, 6.45) is 7.47. The second-order valence-electron chi connectivity index (χ2n) is 4.65. The van der Waals surface area contributed by atoms with Gasteiger partial charge in [0.15, 0.2) is 0 Å². The SMILES string of the molecule is COC(=O)C(C)CNCC1(SC)CCCC1. The first kappa shape index (κ1) is 13.8. The molecule has 0 bridgehead atoms. The minimum absolute atomic E-state index is 0.0506. The molecule has 0 amide bonds. The highest BCUT2D eigenvalue weighted by Gasteiger charge is 2.32. The molecule has 0 aromatic heterocycles. The van der Waals surface area contributed by atoms with E-state index in [9.17, 15) is 4.79 Å². The number of esters is 1. The van der Waals surface area contributed by atoms with Crippen molar-refractivity contribution in [2.45, 2.75) is 37.4 Å². The Kier molecular flexibility index (Phi) is 5.62. The molecular weight excluding hydrogens is 222 g/mol. The van der Waals surface area contributed by atoms with E-state index in [1.54, 1.807) is 0 Å². The van der Waals surface area contributed by atoms with Crippen molar-refractivity contribution in [3.05, 3.63) is 0 Å². The molecule has 1 N–H and O–H groups in total. The minimum Gasteiger partial charge on any atom is -0.469 e. The number of rotatable bonds is 6. The molecule has 1 atom stereocenters. The molecule has 4 heteroatoms. The maximum atomic E-state index is 11.2. The largest absolute Gasteiger partial charge is 0.469 e. The number of thioether (sulfide) groups is 1. The van der Waals surface area contributed by atoms with Crippen LogP contribution in [0.15, 0.2) is 0 Å². The van der Waals surface area contributed by atoms with Gasteiger partial charge >= 0.3 is 5.97 Å². The van der Waals surface area contributed by atoms with Gasteiger partial charge in [-0.1, -0.05) is 19.8 Å². The Morgan fingerprint density at radius 1 is 1.50 bits per heavy atom. The van der Waals surface area contributed by atoms with E-state index in [0.717, 1.165) is 13.1 Å². The van der Waals surface area contributed by atoms with Crippen molar-refractivity contribution in [3.8, 4) is 0 Å². The Balaban J connectivity index is 2.26. The molecule has 0 aromatic carbocycles. The standard InChI is InChI=1S/C12H23NO2S/c1-10(11(14)15-2)8-13-9-12(16-3)6-4-5-7-12/h10,13H,4-9H2,1-3H3. The fourth-order valence-electron chi connectivity index (χ4n) is 2.27. The summed E-state index contributed by atoms with van der Waals surface area (Å²) in [5.74, 6) is -0.178. The van der Waals surface area contributed by atoms with Crippen LogP contribution in [-0.4, -0.2) is 37.2 Å². The van der Waals surface area contributed by atoms with E-state index in [2.05, 4.69) is 11.6 Å². The lowest BCUT2D eigenvalue weighted by Gasteiger charge is -2.27. The van der Waals surface area contributed by atoms with Crippen LogP contribution in [-0.2, 0) is 9.53 Å². The molecular formula is C12H23NO2S. The molecule has 1 aliphatic carbocycles. The van der Waals surface area contributed by atoms with Gasteiger partial charge in [-0.05, 0) is 19.1 Å². The molecule has 16 heavy (non-hydrogen) atoms. The number of carbonyl (C=O) groups excluding carboxylic acids is 1. The smallest absolute Gasteiger partial charge is 0.309 e. The van der Waals surface area contributed by atoms with Crippen molar-refractivity contribution in [3.63, 3.8) is 0 Å². The first-order valence-electron chi connectivity index (χ1n) is 5.97. The highest BCUT2D eigenvalue weighted by Crippen LogP contribution is 2.39. The number of ether oxygens (including phenoxy) is 1. The van der Waals surface area contributed by atoms with Crippen LogP contribution in [0, 0.1) is 5.92 Å². The molecule has 0 aromatic rings. The quantitative estimate of drug-likeness (QED) is 0.727. The molecule has 1 unspecified atom stereocenters. The average Bonchev–Trinajstić information content (AvgIpc) is 2.77. The average molecular weight is 245 g/mol. The summed E-state index contributed by atoms with van der Waals surface area (Å²) in [6, 6.07) is 0. The van der Waals surface area contributed by atoms with Gasteiger partial charge < -0.3 is 10.1 Å².